The number of aryl methyl sites for hydroxylation is 1. The first-order chi connectivity index (χ1) is 10.6. The maximum absolute atomic E-state index is 12.4. The maximum atomic E-state index is 12.4. The van der Waals surface area contributed by atoms with E-state index in [1.165, 1.54) is 7.11 Å². The van der Waals surface area contributed by atoms with Crippen molar-refractivity contribution < 1.29 is 9.47 Å². The third kappa shape index (κ3) is 2.41. The second kappa shape index (κ2) is 5.52. The molecule has 3 aromatic rings. The third-order valence-corrected chi connectivity index (χ3v) is 3.49. The summed E-state index contributed by atoms with van der Waals surface area (Å²) in [5, 5.41) is 0.416. The number of benzene rings is 2. The van der Waals surface area contributed by atoms with Crippen molar-refractivity contribution in [2.45, 2.75) is 6.92 Å². The molecule has 0 saturated carbocycles. The molecule has 0 unspecified atom stereocenters. The van der Waals surface area contributed by atoms with Crippen molar-refractivity contribution in [3.8, 4) is 22.9 Å². The Hall–Kier alpha value is -2.82. The molecule has 0 aliphatic heterocycles. The lowest BCUT2D eigenvalue weighted by Gasteiger charge is -2.09. The molecule has 1 N–H and O–H groups in total. The fourth-order valence-corrected chi connectivity index (χ4v) is 2.42. The standard InChI is InChI=1S/C17H16N2O3/c1-10-5-4-6-11(7-10)16-18-13-8-12(21-2)9-14(22-3)15(13)17(20)19-16/h4-9H,1-3H3,(H,18,19,20). The summed E-state index contributed by atoms with van der Waals surface area (Å²) in [6.07, 6.45) is 0. The predicted octanol–water partition coefficient (Wildman–Crippen LogP) is 2.92. The lowest BCUT2D eigenvalue weighted by Crippen LogP contribution is -2.11. The van der Waals surface area contributed by atoms with Gasteiger partial charge in [-0.15, -0.1) is 0 Å². The van der Waals surface area contributed by atoms with Gasteiger partial charge in [0, 0.05) is 17.7 Å². The van der Waals surface area contributed by atoms with E-state index in [4.69, 9.17) is 9.47 Å². The molecule has 0 amide bonds. The summed E-state index contributed by atoms with van der Waals surface area (Å²) in [6, 6.07) is 11.2. The molecular formula is C17H16N2O3. The number of nitrogens with zero attached hydrogens (tertiary/aromatic N) is 1. The average molecular weight is 296 g/mol. The van der Waals surface area contributed by atoms with Gasteiger partial charge in [0.2, 0.25) is 0 Å². The van der Waals surface area contributed by atoms with Crippen LogP contribution in [0.5, 0.6) is 11.5 Å². The molecule has 3 rings (SSSR count). The fraction of sp³-hybridized carbons (Fsp3) is 0.176. The Labute approximate surface area is 127 Å². The molecule has 22 heavy (non-hydrogen) atoms. The van der Waals surface area contributed by atoms with Crippen LogP contribution < -0.4 is 15.0 Å². The molecule has 5 nitrogen and oxygen atoms in total. The molecule has 0 radical (unpaired) electrons. The molecular weight excluding hydrogens is 280 g/mol. The van der Waals surface area contributed by atoms with Crippen molar-refractivity contribution in [3.05, 3.63) is 52.3 Å². The lowest BCUT2D eigenvalue weighted by atomic mass is 10.1. The molecule has 0 saturated heterocycles. The maximum Gasteiger partial charge on any atom is 0.262 e. The number of methoxy groups -OCH3 is 2. The molecule has 0 aliphatic carbocycles. The third-order valence-electron chi connectivity index (χ3n) is 3.49. The van der Waals surface area contributed by atoms with Crippen LogP contribution in [0.4, 0.5) is 0 Å². The van der Waals surface area contributed by atoms with Crippen molar-refractivity contribution in [1.82, 2.24) is 9.97 Å². The minimum Gasteiger partial charge on any atom is -0.497 e. The van der Waals surface area contributed by atoms with Crippen LogP contribution in [0.25, 0.3) is 22.3 Å². The van der Waals surface area contributed by atoms with Gasteiger partial charge in [0.05, 0.1) is 19.7 Å². The highest BCUT2D eigenvalue weighted by molar-refractivity contribution is 5.87. The van der Waals surface area contributed by atoms with Gasteiger partial charge in [-0.3, -0.25) is 4.79 Å². The van der Waals surface area contributed by atoms with Crippen molar-refractivity contribution in [2.75, 3.05) is 14.2 Å². The Morgan fingerprint density at radius 2 is 1.91 bits per heavy atom. The number of hydrogen-bond donors (Lipinski definition) is 1. The largest absolute Gasteiger partial charge is 0.497 e. The number of H-pyrrole nitrogens is 1. The minimum atomic E-state index is -0.235. The van der Waals surface area contributed by atoms with Crippen molar-refractivity contribution in [3.63, 3.8) is 0 Å². The highest BCUT2D eigenvalue weighted by Crippen LogP contribution is 2.28. The zero-order valence-electron chi connectivity index (χ0n) is 12.6. The van der Waals surface area contributed by atoms with Crippen LogP contribution in [0.1, 0.15) is 5.56 Å². The Morgan fingerprint density at radius 1 is 1.09 bits per heavy atom. The summed E-state index contributed by atoms with van der Waals surface area (Å²) in [4.78, 5) is 19.8. The van der Waals surface area contributed by atoms with Gasteiger partial charge in [-0.2, -0.15) is 0 Å². The van der Waals surface area contributed by atoms with Gasteiger partial charge in [-0.1, -0.05) is 23.8 Å². The van der Waals surface area contributed by atoms with Crippen LogP contribution >= 0.6 is 0 Å². The van der Waals surface area contributed by atoms with Gasteiger partial charge in [0.25, 0.3) is 5.56 Å². The normalized spacial score (nSPS) is 10.7. The van der Waals surface area contributed by atoms with Crippen LogP contribution in [0.3, 0.4) is 0 Å². The zero-order chi connectivity index (χ0) is 15.7. The van der Waals surface area contributed by atoms with E-state index in [1.807, 2.05) is 31.2 Å². The summed E-state index contributed by atoms with van der Waals surface area (Å²) in [5.74, 6) is 1.56. The highest BCUT2D eigenvalue weighted by atomic mass is 16.5. The Bertz CT molecular complexity index is 900. The van der Waals surface area contributed by atoms with E-state index in [0.717, 1.165) is 11.1 Å². The SMILES string of the molecule is COc1cc(OC)c2c(=O)[nH]c(-c3cccc(C)c3)nc2c1. The topological polar surface area (TPSA) is 64.2 Å². The number of rotatable bonds is 3. The number of hydrogen-bond acceptors (Lipinski definition) is 4. The number of aromatic nitrogens is 2. The smallest absolute Gasteiger partial charge is 0.262 e. The second-order valence-corrected chi connectivity index (χ2v) is 5.01. The van der Waals surface area contributed by atoms with Crippen LogP contribution in [-0.4, -0.2) is 24.2 Å². The summed E-state index contributed by atoms with van der Waals surface area (Å²) < 4.78 is 10.5. The van der Waals surface area contributed by atoms with Gasteiger partial charge in [0.15, 0.2) is 0 Å². The van der Waals surface area contributed by atoms with E-state index in [1.54, 1.807) is 19.2 Å². The Kier molecular flexibility index (Phi) is 3.55. The first kappa shape index (κ1) is 14.1. The number of ether oxygens (including phenoxy) is 2. The average Bonchev–Trinajstić information content (AvgIpc) is 2.53. The summed E-state index contributed by atoms with van der Waals surface area (Å²) in [6.45, 7) is 1.99. The summed E-state index contributed by atoms with van der Waals surface area (Å²) >= 11 is 0. The van der Waals surface area contributed by atoms with E-state index >= 15 is 0 Å². The van der Waals surface area contributed by atoms with E-state index in [9.17, 15) is 4.79 Å². The van der Waals surface area contributed by atoms with Crippen LogP contribution in [0, 0.1) is 6.92 Å². The Balaban J connectivity index is 2.30. The molecule has 5 heteroatoms. The number of nitrogens with one attached hydrogen (secondary N) is 1. The van der Waals surface area contributed by atoms with Crippen LogP contribution in [-0.2, 0) is 0 Å². The Morgan fingerprint density at radius 3 is 2.59 bits per heavy atom. The van der Waals surface area contributed by atoms with Crippen molar-refractivity contribution in [1.29, 1.82) is 0 Å². The molecule has 112 valence electrons. The van der Waals surface area contributed by atoms with E-state index in [0.29, 0.717) is 28.2 Å². The van der Waals surface area contributed by atoms with Crippen LogP contribution in [0.15, 0.2) is 41.2 Å². The summed E-state index contributed by atoms with van der Waals surface area (Å²) in [5.41, 5.74) is 2.27. The molecule has 1 aromatic heterocycles. The second-order valence-electron chi connectivity index (χ2n) is 5.01. The molecule has 0 spiro atoms. The minimum absolute atomic E-state index is 0.235. The van der Waals surface area contributed by atoms with Crippen molar-refractivity contribution >= 4 is 10.9 Å². The molecule has 0 bridgehead atoms. The highest BCUT2D eigenvalue weighted by Gasteiger charge is 2.12. The molecule has 0 aliphatic rings. The molecule has 0 atom stereocenters. The van der Waals surface area contributed by atoms with Crippen LogP contribution in [0.2, 0.25) is 0 Å². The fourth-order valence-electron chi connectivity index (χ4n) is 2.42. The van der Waals surface area contributed by atoms with Gasteiger partial charge < -0.3 is 14.5 Å². The monoisotopic (exact) mass is 296 g/mol. The first-order valence-corrected chi connectivity index (χ1v) is 6.85. The molecule has 1 heterocycles. The zero-order valence-corrected chi connectivity index (χ0v) is 12.6. The molecule has 2 aromatic carbocycles. The van der Waals surface area contributed by atoms with Gasteiger partial charge in [-0.25, -0.2) is 4.98 Å². The summed E-state index contributed by atoms with van der Waals surface area (Å²) in [7, 11) is 3.08. The number of fused-ring (bicyclic) bond motifs is 1. The predicted molar refractivity (Wildman–Crippen MR) is 85.6 cm³/mol. The van der Waals surface area contributed by atoms with E-state index in [-0.39, 0.29) is 5.56 Å². The molecule has 0 fully saturated rings. The van der Waals surface area contributed by atoms with Crippen molar-refractivity contribution in [2.24, 2.45) is 0 Å². The van der Waals surface area contributed by atoms with Gasteiger partial charge in [-0.05, 0) is 13.0 Å². The van der Waals surface area contributed by atoms with E-state index in [2.05, 4.69) is 9.97 Å². The van der Waals surface area contributed by atoms with Gasteiger partial charge in [0.1, 0.15) is 22.7 Å². The quantitative estimate of drug-likeness (QED) is 0.807. The van der Waals surface area contributed by atoms with E-state index < -0.39 is 0 Å². The lowest BCUT2D eigenvalue weighted by molar-refractivity contribution is 0.397. The van der Waals surface area contributed by atoms with Gasteiger partial charge >= 0.3 is 0 Å². The number of aromatic amines is 1. The first-order valence-electron chi connectivity index (χ1n) is 6.85.